The van der Waals surface area contributed by atoms with Crippen molar-refractivity contribution in [1.29, 1.82) is 0 Å². The monoisotopic (exact) mass is 177 g/mol. The summed E-state index contributed by atoms with van der Waals surface area (Å²) in [5.41, 5.74) is 7.72. The molecule has 0 aromatic heterocycles. The molecule has 0 aliphatic heterocycles. The molecule has 0 unspecified atom stereocenters. The van der Waals surface area contributed by atoms with E-state index in [1.165, 1.54) is 0 Å². The van der Waals surface area contributed by atoms with Crippen LogP contribution in [0.2, 0.25) is 0 Å². The second-order valence-electron chi connectivity index (χ2n) is 3.14. The van der Waals surface area contributed by atoms with Crippen LogP contribution in [0.15, 0.2) is 30.9 Å². The van der Waals surface area contributed by atoms with Gasteiger partial charge in [0.25, 0.3) is 0 Å². The van der Waals surface area contributed by atoms with Crippen molar-refractivity contribution in [3.8, 4) is 5.75 Å². The zero-order chi connectivity index (χ0) is 9.84. The third-order valence-corrected chi connectivity index (χ3v) is 2.09. The summed E-state index contributed by atoms with van der Waals surface area (Å²) >= 11 is 0. The summed E-state index contributed by atoms with van der Waals surface area (Å²) in [6.45, 7) is 5.57. The quantitative estimate of drug-likeness (QED) is 0.696. The summed E-state index contributed by atoms with van der Waals surface area (Å²) in [6, 6.07) is 5.26. The van der Waals surface area contributed by atoms with Crippen molar-refractivity contribution in [1.82, 2.24) is 0 Å². The first kappa shape index (κ1) is 9.81. The van der Waals surface area contributed by atoms with Gasteiger partial charge in [-0.05, 0) is 25.0 Å². The van der Waals surface area contributed by atoms with Crippen LogP contribution in [0, 0.1) is 6.92 Å². The van der Waals surface area contributed by atoms with Crippen LogP contribution >= 0.6 is 0 Å². The van der Waals surface area contributed by atoms with E-state index in [2.05, 4.69) is 6.58 Å². The molecule has 1 rings (SSSR count). The minimum Gasteiger partial charge on any atom is -0.508 e. The van der Waals surface area contributed by atoms with Crippen molar-refractivity contribution in [2.24, 2.45) is 5.73 Å². The highest BCUT2D eigenvalue weighted by Crippen LogP contribution is 2.27. The molecule has 1 aromatic rings. The standard InChI is InChI=1S/C11H15NO/c1-3-5-9(12)11-8(2)6-4-7-10(11)13/h3-4,6-7,9,13H,1,5,12H2,2H3/t9-/m1/s1. The highest BCUT2D eigenvalue weighted by atomic mass is 16.3. The van der Waals surface area contributed by atoms with Crippen molar-refractivity contribution in [2.45, 2.75) is 19.4 Å². The van der Waals surface area contributed by atoms with Crippen molar-refractivity contribution in [3.63, 3.8) is 0 Å². The van der Waals surface area contributed by atoms with Gasteiger partial charge in [-0.15, -0.1) is 6.58 Å². The number of phenolic OH excluding ortho intramolecular Hbond substituents is 1. The molecular weight excluding hydrogens is 162 g/mol. The third-order valence-electron chi connectivity index (χ3n) is 2.09. The molecule has 0 saturated heterocycles. The van der Waals surface area contributed by atoms with Gasteiger partial charge in [0.2, 0.25) is 0 Å². The highest BCUT2D eigenvalue weighted by Gasteiger charge is 2.11. The van der Waals surface area contributed by atoms with Gasteiger partial charge in [0.1, 0.15) is 5.75 Å². The summed E-state index contributed by atoms with van der Waals surface area (Å²) in [4.78, 5) is 0. The predicted molar refractivity (Wildman–Crippen MR) is 54.6 cm³/mol. The molecule has 0 radical (unpaired) electrons. The van der Waals surface area contributed by atoms with E-state index in [0.29, 0.717) is 6.42 Å². The van der Waals surface area contributed by atoms with Crippen LogP contribution in [0.25, 0.3) is 0 Å². The van der Waals surface area contributed by atoms with Crippen LogP contribution in [0.1, 0.15) is 23.6 Å². The molecule has 13 heavy (non-hydrogen) atoms. The van der Waals surface area contributed by atoms with Crippen LogP contribution in [0.4, 0.5) is 0 Å². The molecule has 0 aliphatic carbocycles. The normalized spacial score (nSPS) is 12.5. The first-order valence-electron chi connectivity index (χ1n) is 4.31. The minimum atomic E-state index is -0.154. The lowest BCUT2D eigenvalue weighted by atomic mass is 9.98. The van der Waals surface area contributed by atoms with E-state index < -0.39 is 0 Å². The lowest BCUT2D eigenvalue weighted by Crippen LogP contribution is -2.10. The zero-order valence-corrected chi connectivity index (χ0v) is 7.83. The number of phenols is 1. The maximum absolute atomic E-state index is 9.57. The molecule has 0 bridgehead atoms. The number of hydrogen-bond acceptors (Lipinski definition) is 2. The topological polar surface area (TPSA) is 46.2 Å². The fourth-order valence-electron chi connectivity index (χ4n) is 1.44. The van der Waals surface area contributed by atoms with Crippen molar-refractivity contribution >= 4 is 0 Å². The average molecular weight is 177 g/mol. The molecule has 0 spiro atoms. The van der Waals surface area contributed by atoms with Crippen LogP contribution in [0.3, 0.4) is 0 Å². The third kappa shape index (κ3) is 2.10. The van der Waals surface area contributed by atoms with E-state index in [1.807, 2.05) is 19.1 Å². The summed E-state index contributed by atoms with van der Waals surface area (Å²) < 4.78 is 0. The number of rotatable bonds is 3. The summed E-state index contributed by atoms with van der Waals surface area (Å²) in [5, 5.41) is 9.57. The van der Waals surface area contributed by atoms with Crippen LogP contribution in [-0.2, 0) is 0 Å². The van der Waals surface area contributed by atoms with Gasteiger partial charge in [-0.25, -0.2) is 0 Å². The second kappa shape index (κ2) is 4.10. The Kier molecular flexibility index (Phi) is 3.09. The Morgan fingerprint density at radius 3 is 2.85 bits per heavy atom. The summed E-state index contributed by atoms with van der Waals surface area (Å²) in [5.74, 6) is 0.273. The van der Waals surface area contributed by atoms with Gasteiger partial charge in [0, 0.05) is 11.6 Å². The summed E-state index contributed by atoms with van der Waals surface area (Å²) in [6.07, 6.45) is 2.44. The largest absolute Gasteiger partial charge is 0.508 e. The smallest absolute Gasteiger partial charge is 0.120 e. The Bertz CT molecular complexity index is 287. The molecule has 0 aliphatic rings. The number of nitrogens with two attached hydrogens (primary N) is 1. The number of aryl methyl sites for hydroxylation is 1. The van der Waals surface area contributed by atoms with Crippen LogP contribution in [0.5, 0.6) is 5.75 Å². The van der Waals surface area contributed by atoms with Gasteiger partial charge in [-0.2, -0.15) is 0 Å². The molecule has 70 valence electrons. The van der Waals surface area contributed by atoms with Crippen molar-refractivity contribution < 1.29 is 5.11 Å². The van der Waals surface area contributed by atoms with Gasteiger partial charge in [0.05, 0.1) is 0 Å². The van der Waals surface area contributed by atoms with Gasteiger partial charge in [0.15, 0.2) is 0 Å². The Morgan fingerprint density at radius 1 is 1.62 bits per heavy atom. The lowest BCUT2D eigenvalue weighted by molar-refractivity contribution is 0.461. The van der Waals surface area contributed by atoms with Gasteiger partial charge in [-0.3, -0.25) is 0 Å². The molecular formula is C11H15NO. The fraction of sp³-hybridized carbons (Fsp3) is 0.273. The Balaban J connectivity index is 3.04. The van der Waals surface area contributed by atoms with Crippen molar-refractivity contribution in [3.05, 3.63) is 42.0 Å². The number of hydrogen-bond donors (Lipinski definition) is 2. The van der Waals surface area contributed by atoms with E-state index in [-0.39, 0.29) is 11.8 Å². The van der Waals surface area contributed by atoms with Gasteiger partial charge >= 0.3 is 0 Å². The molecule has 3 N–H and O–H groups in total. The summed E-state index contributed by atoms with van der Waals surface area (Å²) in [7, 11) is 0. The highest BCUT2D eigenvalue weighted by molar-refractivity contribution is 5.40. The first-order valence-corrected chi connectivity index (χ1v) is 4.31. The molecule has 0 amide bonds. The van der Waals surface area contributed by atoms with E-state index in [9.17, 15) is 5.11 Å². The maximum Gasteiger partial charge on any atom is 0.120 e. The van der Waals surface area contributed by atoms with Crippen LogP contribution < -0.4 is 5.73 Å². The Morgan fingerprint density at radius 2 is 2.31 bits per heavy atom. The molecule has 1 aromatic carbocycles. The van der Waals surface area contributed by atoms with E-state index in [0.717, 1.165) is 11.1 Å². The number of aromatic hydroxyl groups is 1. The molecule has 0 fully saturated rings. The molecule has 1 atom stereocenters. The van der Waals surface area contributed by atoms with E-state index in [1.54, 1.807) is 12.1 Å². The Labute approximate surface area is 78.7 Å². The molecule has 0 saturated carbocycles. The Hall–Kier alpha value is -1.28. The first-order chi connectivity index (χ1) is 6.16. The minimum absolute atomic E-state index is 0.154. The van der Waals surface area contributed by atoms with E-state index in [4.69, 9.17) is 5.73 Å². The zero-order valence-electron chi connectivity index (χ0n) is 7.83. The molecule has 2 nitrogen and oxygen atoms in total. The SMILES string of the molecule is C=CC[C@@H](N)c1c(C)cccc1O. The second-order valence-corrected chi connectivity index (χ2v) is 3.14. The molecule has 0 heterocycles. The van der Waals surface area contributed by atoms with Crippen molar-refractivity contribution in [2.75, 3.05) is 0 Å². The fourth-order valence-corrected chi connectivity index (χ4v) is 1.44. The maximum atomic E-state index is 9.57. The van der Waals surface area contributed by atoms with E-state index >= 15 is 0 Å². The average Bonchev–Trinajstić information content (AvgIpc) is 2.04. The van der Waals surface area contributed by atoms with Crippen LogP contribution in [-0.4, -0.2) is 5.11 Å². The van der Waals surface area contributed by atoms with Gasteiger partial charge in [-0.1, -0.05) is 18.2 Å². The van der Waals surface area contributed by atoms with Gasteiger partial charge < -0.3 is 10.8 Å². The lowest BCUT2D eigenvalue weighted by Gasteiger charge is -2.14. The number of benzene rings is 1. The molecule has 2 heteroatoms. The predicted octanol–water partition coefficient (Wildman–Crippen LogP) is 2.28.